The van der Waals surface area contributed by atoms with Crippen molar-refractivity contribution in [3.05, 3.63) is 105 Å². The Hall–Kier alpha value is -4.61. The van der Waals surface area contributed by atoms with E-state index in [-0.39, 0.29) is 29.1 Å². The number of carbonyl (C=O) groups is 3. The maximum absolute atomic E-state index is 13.9. The van der Waals surface area contributed by atoms with Gasteiger partial charge in [0.25, 0.3) is 0 Å². The lowest BCUT2D eigenvalue weighted by molar-refractivity contribution is -0.122. The molecule has 9 nitrogen and oxygen atoms in total. The molecule has 1 N–H and O–H groups in total. The molecule has 0 aliphatic carbocycles. The maximum Gasteiger partial charge on any atom is 0.308 e. The molecule has 7 rings (SSSR count). The molecule has 1 fully saturated rings. The van der Waals surface area contributed by atoms with E-state index in [4.69, 9.17) is 9.15 Å². The molecule has 2 aliphatic heterocycles. The topological polar surface area (TPSA) is 111 Å². The number of rotatable bonds is 6. The van der Waals surface area contributed by atoms with Crippen molar-refractivity contribution in [2.75, 3.05) is 17.3 Å². The lowest BCUT2D eigenvalue weighted by atomic mass is 9.87. The van der Waals surface area contributed by atoms with Gasteiger partial charge in [-0.1, -0.05) is 53.4 Å². The van der Waals surface area contributed by atoms with Gasteiger partial charge in [-0.25, -0.2) is 4.90 Å². The second-order valence-corrected chi connectivity index (χ2v) is 12.1. The molecule has 5 aromatic rings. The molecule has 0 radical (unpaired) electrons. The zero-order chi connectivity index (χ0) is 29.0. The van der Waals surface area contributed by atoms with E-state index >= 15 is 0 Å². The van der Waals surface area contributed by atoms with Crippen molar-refractivity contribution in [1.29, 1.82) is 0 Å². The summed E-state index contributed by atoms with van der Waals surface area (Å²) < 4.78 is 12.4. The van der Waals surface area contributed by atoms with Crippen LogP contribution < -0.4 is 19.8 Å². The Labute approximate surface area is 247 Å². The summed E-state index contributed by atoms with van der Waals surface area (Å²) in [5.41, 5.74) is 1.05. The molecule has 2 aromatic heterocycles. The lowest BCUT2D eigenvalue weighted by Crippen LogP contribution is -2.32. The van der Waals surface area contributed by atoms with Crippen LogP contribution >= 0.6 is 23.1 Å². The van der Waals surface area contributed by atoms with E-state index in [1.54, 1.807) is 43.5 Å². The summed E-state index contributed by atoms with van der Waals surface area (Å²) >= 11 is 2.13. The SMILES string of the molecule is COc1ccc(N2C(=O)C3Sc4c(sc(=O)n4CC(=O)Nc4ccc5ccccc5c4)[C@H](c4ccco4)C3C2=O)cc1. The Morgan fingerprint density at radius 2 is 1.74 bits per heavy atom. The second kappa shape index (κ2) is 10.3. The van der Waals surface area contributed by atoms with E-state index in [2.05, 4.69) is 5.32 Å². The number of benzene rings is 3. The summed E-state index contributed by atoms with van der Waals surface area (Å²) in [5, 5.41) is 4.61. The van der Waals surface area contributed by atoms with Gasteiger partial charge in [-0.05, 0) is 59.3 Å². The Balaban J connectivity index is 1.23. The van der Waals surface area contributed by atoms with Gasteiger partial charge in [0, 0.05) is 5.69 Å². The normalized spacial score (nSPS) is 19.5. The number of imide groups is 1. The molecular weight excluding hydrogens is 574 g/mol. The molecule has 0 bridgehead atoms. The van der Waals surface area contributed by atoms with E-state index in [9.17, 15) is 19.2 Å². The van der Waals surface area contributed by atoms with Gasteiger partial charge in [0.1, 0.15) is 23.3 Å². The summed E-state index contributed by atoms with van der Waals surface area (Å²) in [6.07, 6.45) is 1.50. The van der Waals surface area contributed by atoms with E-state index < -0.39 is 17.1 Å². The third kappa shape index (κ3) is 4.32. The lowest BCUT2D eigenvalue weighted by Gasteiger charge is -2.29. The van der Waals surface area contributed by atoms with Crippen LogP contribution in [0.25, 0.3) is 10.8 Å². The second-order valence-electron chi connectivity index (χ2n) is 10.0. The van der Waals surface area contributed by atoms with Gasteiger partial charge in [0.2, 0.25) is 17.7 Å². The molecule has 4 heterocycles. The van der Waals surface area contributed by atoms with Gasteiger partial charge in [0.05, 0.1) is 40.8 Å². The highest BCUT2D eigenvalue weighted by Gasteiger charge is 2.57. The smallest absolute Gasteiger partial charge is 0.308 e. The van der Waals surface area contributed by atoms with Crippen molar-refractivity contribution >= 4 is 63.0 Å². The number of aromatic nitrogens is 1. The minimum atomic E-state index is -0.800. The minimum absolute atomic E-state index is 0.239. The Morgan fingerprint density at radius 3 is 2.48 bits per heavy atom. The van der Waals surface area contributed by atoms with Gasteiger partial charge in [-0.15, -0.1) is 0 Å². The number of thiazole rings is 1. The number of furan rings is 1. The first kappa shape index (κ1) is 26.3. The van der Waals surface area contributed by atoms with Crippen molar-refractivity contribution in [1.82, 2.24) is 4.57 Å². The first-order chi connectivity index (χ1) is 20.4. The summed E-state index contributed by atoms with van der Waals surface area (Å²) in [6.45, 7) is -0.239. The highest BCUT2D eigenvalue weighted by molar-refractivity contribution is 8.00. The number of ether oxygens (including phenoxy) is 1. The van der Waals surface area contributed by atoms with Crippen LogP contribution in [0.1, 0.15) is 16.6 Å². The molecule has 0 spiro atoms. The summed E-state index contributed by atoms with van der Waals surface area (Å²) in [5.74, 6) is -1.46. The highest BCUT2D eigenvalue weighted by atomic mass is 32.2. The number of hydrogen-bond acceptors (Lipinski definition) is 8. The Morgan fingerprint density at radius 1 is 0.952 bits per heavy atom. The largest absolute Gasteiger partial charge is 0.497 e. The van der Waals surface area contributed by atoms with Crippen molar-refractivity contribution in [2.24, 2.45) is 5.92 Å². The van der Waals surface area contributed by atoms with Crippen LogP contribution in [0.4, 0.5) is 11.4 Å². The molecule has 3 atom stereocenters. The molecule has 0 saturated carbocycles. The van der Waals surface area contributed by atoms with Crippen molar-refractivity contribution < 1.29 is 23.5 Å². The molecule has 2 aliphatic rings. The quantitative estimate of drug-likeness (QED) is 0.271. The van der Waals surface area contributed by atoms with E-state index in [0.29, 0.717) is 32.8 Å². The third-order valence-corrected chi connectivity index (χ3v) is 10.2. The predicted octanol–water partition coefficient (Wildman–Crippen LogP) is 5.10. The van der Waals surface area contributed by atoms with Crippen molar-refractivity contribution in [3.8, 4) is 5.75 Å². The van der Waals surface area contributed by atoms with Crippen LogP contribution in [0.3, 0.4) is 0 Å². The Kier molecular flexibility index (Phi) is 6.47. The zero-order valence-corrected chi connectivity index (χ0v) is 23.8. The van der Waals surface area contributed by atoms with Gasteiger partial charge in [-0.3, -0.25) is 23.7 Å². The van der Waals surface area contributed by atoms with Crippen LogP contribution in [-0.2, 0) is 20.9 Å². The van der Waals surface area contributed by atoms with E-state index in [1.807, 2.05) is 42.5 Å². The van der Waals surface area contributed by atoms with E-state index in [1.165, 1.54) is 15.7 Å². The number of hydrogen-bond donors (Lipinski definition) is 1. The summed E-state index contributed by atoms with van der Waals surface area (Å²) in [7, 11) is 1.54. The number of fused-ring (bicyclic) bond motifs is 3. The molecule has 1 saturated heterocycles. The Bertz CT molecular complexity index is 1910. The fraction of sp³-hybridized carbons (Fsp3) is 0.161. The van der Waals surface area contributed by atoms with Crippen LogP contribution in [-0.4, -0.2) is 34.6 Å². The average Bonchev–Trinajstić information content (AvgIpc) is 3.70. The average molecular weight is 598 g/mol. The highest BCUT2D eigenvalue weighted by Crippen LogP contribution is 2.54. The number of amides is 3. The summed E-state index contributed by atoms with van der Waals surface area (Å²) in [6, 6.07) is 23.6. The first-order valence-corrected chi connectivity index (χ1v) is 14.9. The van der Waals surface area contributed by atoms with Crippen LogP contribution in [0.15, 0.2) is 99.4 Å². The van der Waals surface area contributed by atoms with Crippen LogP contribution in [0.2, 0.25) is 0 Å². The number of anilines is 2. The maximum atomic E-state index is 13.9. The molecule has 210 valence electrons. The number of thioether (sulfide) groups is 1. The molecule has 11 heteroatoms. The van der Waals surface area contributed by atoms with Crippen LogP contribution in [0, 0.1) is 5.92 Å². The molecule has 42 heavy (non-hydrogen) atoms. The van der Waals surface area contributed by atoms with E-state index in [0.717, 1.165) is 33.9 Å². The van der Waals surface area contributed by atoms with Crippen molar-refractivity contribution in [3.63, 3.8) is 0 Å². The van der Waals surface area contributed by atoms with Gasteiger partial charge in [0.15, 0.2) is 0 Å². The van der Waals surface area contributed by atoms with Gasteiger partial charge >= 0.3 is 4.87 Å². The standard InChI is InChI=1S/C31H23N3O6S2/c1-39-21-12-10-20(11-13-21)34-28(36)25-24(22-7-4-14-40-22)27-30(41-26(25)29(34)37)33(31(38)42-27)16-23(35)32-19-9-8-17-5-2-3-6-18(17)15-19/h2-15,24-26H,16H2,1H3,(H,32,35)/t24-,25?,26?/m1/s1. The van der Waals surface area contributed by atoms with Gasteiger partial charge < -0.3 is 14.5 Å². The number of carbonyl (C=O) groups excluding carboxylic acids is 3. The zero-order valence-electron chi connectivity index (χ0n) is 22.2. The van der Waals surface area contributed by atoms with Crippen molar-refractivity contribution in [2.45, 2.75) is 22.7 Å². The summed E-state index contributed by atoms with van der Waals surface area (Å²) in [4.78, 5) is 55.5. The third-order valence-electron chi connectivity index (χ3n) is 7.56. The number of methoxy groups -OCH3 is 1. The predicted molar refractivity (Wildman–Crippen MR) is 160 cm³/mol. The first-order valence-electron chi connectivity index (χ1n) is 13.2. The molecule has 3 aromatic carbocycles. The number of nitrogens with one attached hydrogen (secondary N) is 1. The fourth-order valence-corrected chi connectivity index (χ4v) is 8.38. The molecule has 3 amide bonds. The molecule has 2 unspecified atom stereocenters. The monoisotopic (exact) mass is 597 g/mol. The number of nitrogens with zero attached hydrogens (tertiary/aromatic N) is 2. The van der Waals surface area contributed by atoms with Gasteiger partial charge in [-0.2, -0.15) is 0 Å². The molecular formula is C31H23N3O6S2. The minimum Gasteiger partial charge on any atom is -0.497 e. The van der Waals surface area contributed by atoms with Crippen LogP contribution in [0.5, 0.6) is 5.75 Å². The fourth-order valence-electron chi connectivity index (χ4n) is 5.63.